The molecule has 4 rings (SSSR count). The van der Waals surface area contributed by atoms with Gasteiger partial charge >= 0.3 is 12.0 Å². The molecule has 1 saturated heterocycles. The van der Waals surface area contributed by atoms with Crippen molar-refractivity contribution >= 4 is 23.4 Å². The third kappa shape index (κ3) is 3.87. The minimum atomic E-state index is -0.800. The summed E-state index contributed by atoms with van der Waals surface area (Å²) in [6.45, 7) is 3.23. The summed E-state index contributed by atoms with van der Waals surface area (Å²) in [7, 11) is 0. The van der Waals surface area contributed by atoms with Gasteiger partial charge in [0.2, 0.25) is 0 Å². The van der Waals surface area contributed by atoms with Gasteiger partial charge in [0.15, 0.2) is 0 Å². The number of aliphatic carboxylic acids is 1. The van der Waals surface area contributed by atoms with Crippen LogP contribution in [0.1, 0.15) is 29.5 Å². The topological polar surface area (TPSA) is 72.9 Å². The summed E-state index contributed by atoms with van der Waals surface area (Å²) in [6.07, 6.45) is 2.77. The van der Waals surface area contributed by atoms with Crippen molar-refractivity contribution in [2.75, 3.05) is 29.4 Å². The van der Waals surface area contributed by atoms with Crippen LogP contribution >= 0.6 is 0 Å². The molecule has 146 valence electrons. The lowest BCUT2D eigenvalue weighted by Crippen LogP contribution is -2.31. The van der Waals surface area contributed by atoms with Crippen LogP contribution in [0.3, 0.4) is 0 Å². The lowest BCUT2D eigenvalue weighted by molar-refractivity contribution is -0.136. The Labute approximate surface area is 164 Å². The predicted molar refractivity (Wildman–Crippen MR) is 109 cm³/mol. The highest BCUT2D eigenvalue weighted by Crippen LogP contribution is 2.28. The van der Waals surface area contributed by atoms with Gasteiger partial charge in [0.05, 0.1) is 0 Å². The molecule has 0 aromatic heterocycles. The fourth-order valence-electron chi connectivity index (χ4n) is 3.92. The Morgan fingerprint density at radius 2 is 1.71 bits per heavy atom. The summed E-state index contributed by atoms with van der Waals surface area (Å²) in [5, 5.41) is 12.2. The SMILES string of the molecule is O=C(O)CCc1ccc(N2CCN(c3ccc4c(c3)CCCNC4)C2=O)cc1. The van der Waals surface area contributed by atoms with Crippen LogP contribution in [-0.4, -0.2) is 36.7 Å². The first-order chi connectivity index (χ1) is 13.6. The summed E-state index contributed by atoms with van der Waals surface area (Å²) < 4.78 is 0. The Kier molecular flexibility index (Phi) is 5.30. The second-order valence-electron chi connectivity index (χ2n) is 7.38. The fraction of sp³-hybridized carbons (Fsp3) is 0.364. The number of aryl methyl sites for hydroxylation is 2. The van der Waals surface area contributed by atoms with Gasteiger partial charge in [-0.15, -0.1) is 0 Å². The Morgan fingerprint density at radius 1 is 1.00 bits per heavy atom. The van der Waals surface area contributed by atoms with Gasteiger partial charge in [-0.05, 0) is 66.8 Å². The van der Waals surface area contributed by atoms with Crippen molar-refractivity contribution in [2.24, 2.45) is 0 Å². The van der Waals surface area contributed by atoms with Gasteiger partial charge in [-0.3, -0.25) is 14.6 Å². The number of amides is 2. The molecule has 2 aromatic carbocycles. The van der Waals surface area contributed by atoms with Gasteiger partial charge in [-0.2, -0.15) is 0 Å². The first kappa shape index (κ1) is 18.5. The molecule has 0 aliphatic carbocycles. The molecule has 1 fully saturated rings. The maximum atomic E-state index is 13.0. The van der Waals surface area contributed by atoms with E-state index in [1.54, 1.807) is 4.90 Å². The zero-order chi connectivity index (χ0) is 19.5. The maximum Gasteiger partial charge on any atom is 0.329 e. The molecule has 2 N–H and O–H groups in total. The number of rotatable bonds is 5. The molecule has 0 bridgehead atoms. The van der Waals surface area contributed by atoms with Crippen LogP contribution in [0.5, 0.6) is 0 Å². The number of urea groups is 1. The van der Waals surface area contributed by atoms with Gasteiger partial charge in [0, 0.05) is 37.4 Å². The zero-order valence-electron chi connectivity index (χ0n) is 15.9. The van der Waals surface area contributed by atoms with Gasteiger partial charge in [-0.1, -0.05) is 18.2 Å². The van der Waals surface area contributed by atoms with Crippen molar-refractivity contribution < 1.29 is 14.7 Å². The van der Waals surface area contributed by atoms with E-state index in [4.69, 9.17) is 5.11 Å². The molecule has 2 aromatic rings. The van der Waals surface area contributed by atoms with Crippen molar-refractivity contribution in [2.45, 2.75) is 32.2 Å². The third-order valence-corrected chi connectivity index (χ3v) is 5.50. The smallest absolute Gasteiger partial charge is 0.329 e. The number of nitrogens with one attached hydrogen (secondary N) is 1. The highest BCUT2D eigenvalue weighted by Gasteiger charge is 2.31. The van der Waals surface area contributed by atoms with Gasteiger partial charge in [-0.25, -0.2) is 4.79 Å². The largest absolute Gasteiger partial charge is 0.481 e. The first-order valence-corrected chi connectivity index (χ1v) is 9.84. The highest BCUT2D eigenvalue weighted by molar-refractivity contribution is 6.06. The Morgan fingerprint density at radius 3 is 2.46 bits per heavy atom. The van der Waals surface area contributed by atoms with Crippen LogP contribution in [0.25, 0.3) is 0 Å². The molecule has 0 unspecified atom stereocenters. The average Bonchev–Trinajstić information content (AvgIpc) is 2.93. The second kappa shape index (κ2) is 8.02. The quantitative estimate of drug-likeness (QED) is 0.837. The number of carbonyl (C=O) groups is 2. The van der Waals surface area contributed by atoms with Crippen molar-refractivity contribution in [3.05, 3.63) is 59.2 Å². The molecule has 2 aliphatic rings. The van der Waals surface area contributed by atoms with E-state index in [1.807, 2.05) is 35.2 Å². The highest BCUT2D eigenvalue weighted by atomic mass is 16.4. The first-order valence-electron chi connectivity index (χ1n) is 9.84. The number of carboxylic acids is 1. The summed E-state index contributed by atoms with van der Waals surface area (Å²) >= 11 is 0. The number of hydrogen-bond donors (Lipinski definition) is 2. The number of benzene rings is 2. The molecule has 0 saturated carbocycles. The minimum Gasteiger partial charge on any atom is -0.481 e. The summed E-state index contributed by atoms with van der Waals surface area (Å²) in [5.74, 6) is -0.800. The molecule has 0 spiro atoms. The Hall–Kier alpha value is -2.86. The van der Waals surface area contributed by atoms with Crippen LogP contribution in [0.2, 0.25) is 0 Å². The summed E-state index contributed by atoms with van der Waals surface area (Å²) in [4.78, 5) is 27.3. The molecular formula is C22H25N3O3. The standard InChI is InChI=1S/C22H25N3O3/c26-21(27)10-5-16-3-7-19(8-4-16)24-12-13-25(22(24)28)20-9-6-18-15-23-11-1-2-17(18)14-20/h3-4,6-9,14,23H,1-2,5,10-13,15H2,(H,26,27). The second-order valence-corrected chi connectivity index (χ2v) is 7.38. The molecule has 2 amide bonds. The van der Waals surface area contributed by atoms with Crippen molar-refractivity contribution in [3.63, 3.8) is 0 Å². The summed E-state index contributed by atoms with van der Waals surface area (Å²) in [6, 6.07) is 14.0. The van der Waals surface area contributed by atoms with Crippen molar-refractivity contribution in [1.82, 2.24) is 5.32 Å². The van der Waals surface area contributed by atoms with E-state index in [0.29, 0.717) is 19.5 Å². The molecule has 0 radical (unpaired) electrons. The van der Waals surface area contributed by atoms with Crippen LogP contribution in [0, 0.1) is 0 Å². The average molecular weight is 379 g/mol. The Bertz CT molecular complexity index is 879. The fourth-order valence-corrected chi connectivity index (χ4v) is 3.92. The zero-order valence-corrected chi connectivity index (χ0v) is 15.9. The van der Waals surface area contributed by atoms with E-state index in [1.165, 1.54) is 11.1 Å². The van der Waals surface area contributed by atoms with Crippen LogP contribution in [0.15, 0.2) is 42.5 Å². The van der Waals surface area contributed by atoms with E-state index in [0.717, 1.165) is 42.9 Å². The van der Waals surface area contributed by atoms with E-state index in [-0.39, 0.29) is 12.5 Å². The molecule has 2 aliphatic heterocycles. The molecular weight excluding hydrogens is 354 g/mol. The molecule has 2 heterocycles. The lowest BCUT2D eigenvalue weighted by Gasteiger charge is -2.20. The number of hydrogen-bond acceptors (Lipinski definition) is 3. The third-order valence-electron chi connectivity index (χ3n) is 5.50. The van der Waals surface area contributed by atoms with Crippen LogP contribution < -0.4 is 15.1 Å². The number of nitrogens with zero attached hydrogens (tertiary/aromatic N) is 2. The van der Waals surface area contributed by atoms with Crippen molar-refractivity contribution in [3.8, 4) is 0 Å². The van der Waals surface area contributed by atoms with Gasteiger partial charge in [0.25, 0.3) is 0 Å². The van der Waals surface area contributed by atoms with E-state index in [9.17, 15) is 9.59 Å². The number of anilines is 2. The monoisotopic (exact) mass is 379 g/mol. The van der Waals surface area contributed by atoms with E-state index in [2.05, 4.69) is 17.4 Å². The number of carbonyl (C=O) groups excluding carboxylic acids is 1. The maximum absolute atomic E-state index is 13.0. The predicted octanol–water partition coefficient (Wildman–Crippen LogP) is 3.19. The van der Waals surface area contributed by atoms with Crippen molar-refractivity contribution in [1.29, 1.82) is 0 Å². The number of carboxylic acid groups (broad SMARTS) is 1. The summed E-state index contributed by atoms with van der Waals surface area (Å²) in [5.41, 5.74) is 5.43. The van der Waals surface area contributed by atoms with E-state index >= 15 is 0 Å². The molecule has 0 atom stereocenters. The number of fused-ring (bicyclic) bond motifs is 1. The lowest BCUT2D eigenvalue weighted by atomic mass is 10.0. The molecule has 28 heavy (non-hydrogen) atoms. The van der Waals surface area contributed by atoms with Crippen LogP contribution in [-0.2, 0) is 24.2 Å². The molecule has 6 heteroatoms. The minimum absolute atomic E-state index is 0.00928. The van der Waals surface area contributed by atoms with Crippen LogP contribution in [0.4, 0.5) is 16.2 Å². The van der Waals surface area contributed by atoms with E-state index < -0.39 is 5.97 Å². The Balaban J connectivity index is 1.48. The van der Waals surface area contributed by atoms with Gasteiger partial charge in [0.1, 0.15) is 0 Å². The normalized spacial score (nSPS) is 16.8. The van der Waals surface area contributed by atoms with Gasteiger partial charge < -0.3 is 10.4 Å². The molecule has 6 nitrogen and oxygen atoms in total.